The molecule has 0 radical (unpaired) electrons. The van der Waals surface area contributed by atoms with E-state index in [-0.39, 0.29) is 5.69 Å². The third-order valence-corrected chi connectivity index (χ3v) is 8.50. The Morgan fingerprint density at radius 2 is 1.40 bits per heavy atom. The van der Waals surface area contributed by atoms with Crippen LogP contribution in [0.3, 0.4) is 0 Å². The van der Waals surface area contributed by atoms with Crippen molar-refractivity contribution in [2.24, 2.45) is 0 Å². The van der Waals surface area contributed by atoms with Crippen molar-refractivity contribution in [1.29, 1.82) is 0 Å². The van der Waals surface area contributed by atoms with Gasteiger partial charge in [0.15, 0.2) is 11.7 Å². The summed E-state index contributed by atoms with van der Waals surface area (Å²) in [5.41, 5.74) is -3.57. The molecule has 1 saturated heterocycles. The molecule has 262 valence electrons. The van der Waals surface area contributed by atoms with E-state index in [4.69, 9.17) is 0 Å². The van der Waals surface area contributed by atoms with Crippen LogP contribution in [-0.2, 0) is 18.1 Å². The molecule has 2 aromatic heterocycles. The van der Waals surface area contributed by atoms with Crippen LogP contribution < -0.4 is 9.80 Å². The molecule has 0 bridgehead atoms. The normalized spacial score (nSPS) is 16.0. The fourth-order valence-electron chi connectivity index (χ4n) is 5.84. The van der Waals surface area contributed by atoms with E-state index in [1.54, 1.807) is 29.2 Å². The first-order valence-electron chi connectivity index (χ1n) is 15.0. The van der Waals surface area contributed by atoms with Crippen molar-refractivity contribution in [2.75, 3.05) is 36.0 Å². The minimum atomic E-state index is -4.94. The van der Waals surface area contributed by atoms with Crippen molar-refractivity contribution in [1.82, 2.24) is 25.2 Å². The Bertz CT molecular complexity index is 1940. The minimum absolute atomic E-state index is 0.219. The van der Waals surface area contributed by atoms with E-state index >= 15 is 8.78 Å². The predicted molar refractivity (Wildman–Crippen MR) is 163 cm³/mol. The molecular formula is C33H27F8N7O2. The zero-order valence-electron chi connectivity index (χ0n) is 25.7. The first-order chi connectivity index (χ1) is 23.7. The Labute approximate surface area is 279 Å². The summed E-state index contributed by atoms with van der Waals surface area (Å²) in [4.78, 5) is 7.62. The number of tetrazole rings is 1. The number of aliphatic hydroxyl groups excluding tert-OH is 1. The van der Waals surface area contributed by atoms with Crippen LogP contribution in [0.2, 0.25) is 0 Å². The molecule has 0 spiro atoms. The Hall–Kier alpha value is -5.16. The van der Waals surface area contributed by atoms with E-state index in [9.17, 15) is 36.6 Å². The Balaban J connectivity index is 1.16. The SMILES string of the molecule is OC(c1cc(F)cc(N2CCN(c3ccc(-c4ccc(C(F)(F)C(O)(Cn5cnnn5)c5ccc(F)cc5F)nc4)cc3)CC2)c1)C(F)(F)F. The van der Waals surface area contributed by atoms with Gasteiger partial charge >= 0.3 is 12.1 Å². The van der Waals surface area contributed by atoms with Gasteiger partial charge in [-0.25, -0.2) is 17.9 Å². The first kappa shape index (κ1) is 34.7. The summed E-state index contributed by atoms with van der Waals surface area (Å²) in [5.74, 6) is -7.54. The molecule has 6 rings (SSSR count). The van der Waals surface area contributed by atoms with E-state index in [1.165, 1.54) is 12.3 Å². The molecule has 3 heterocycles. The average Bonchev–Trinajstić information content (AvgIpc) is 3.60. The number of rotatable bonds is 9. The lowest BCUT2D eigenvalue weighted by Crippen LogP contribution is -2.48. The van der Waals surface area contributed by atoms with Crippen LogP contribution in [0, 0.1) is 17.5 Å². The molecule has 2 atom stereocenters. The Morgan fingerprint density at radius 1 is 0.740 bits per heavy atom. The molecule has 2 unspecified atom stereocenters. The van der Waals surface area contributed by atoms with Crippen molar-refractivity contribution in [2.45, 2.75) is 30.3 Å². The highest BCUT2D eigenvalue weighted by atomic mass is 19.4. The Morgan fingerprint density at radius 3 is 1.98 bits per heavy atom. The lowest BCUT2D eigenvalue weighted by atomic mass is 9.84. The van der Waals surface area contributed by atoms with Gasteiger partial charge in [-0.15, -0.1) is 5.10 Å². The maximum atomic E-state index is 16.1. The van der Waals surface area contributed by atoms with Gasteiger partial charge in [-0.1, -0.05) is 18.2 Å². The second-order valence-electron chi connectivity index (χ2n) is 11.7. The molecular weight excluding hydrogens is 678 g/mol. The molecule has 9 nitrogen and oxygen atoms in total. The van der Waals surface area contributed by atoms with Gasteiger partial charge in [0.2, 0.25) is 0 Å². The van der Waals surface area contributed by atoms with Crippen molar-refractivity contribution in [3.05, 3.63) is 120 Å². The van der Waals surface area contributed by atoms with Gasteiger partial charge < -0.3 is 20.0 Å². The highest BCUT2D eigenvalue weighted by Crippen LogP contribution is 2.47. The lowest BCUT2D eigenvalue weighted by molar-refractivity contribution is -0.207. The second-order valence-corrected chi connectivity index (χ2v) is 11.7. The van der Waals surface area contributed by atoms with Crippen molar-refractivity contribution in [3.8, 4) is 11.1 Å². The highest BCUT2D eigenvalue weighted by molar-refractivity contribution is 5.66. The van der Waals surface area contributed by atoms with Gasteiger partial charge in [0, 0.05) is 60.9 Å². The number of nitrogens with zero attached hydrogens (tertiary/aromatic N) is 7. The van der Waals surface area contributed by atoms with Gasteiger partial charge in [-0.05, 0) is 70.1 Å². The number of aromatic nitrogens is 5. The number of anilines is 2. The maximum absolute atomic E-state index is 16.1. The molecule has 5 aromatic rings. The summed E-state index contributed by atoms with van der Waals surface area (Å²) in [6.45, 7) is 0.613. The third-order valence-electron chi connectivity index (χ3n) is 8.50. The van der Waals surface area contributed by atoms with Crippen LogP contribution >= 0.6 is 0 Å². The minimum Gasteiger partial charge on any atom is -0.379 e. The molecule has 1 aliphatic rings. The zero-order valence-corrected chi connectivity index (χ0v) is 25.7. The fourth-order valence-corrected chi connectivity index (χ4v) is 5.84. The summed E-state index contributed by atoms with van der Waals surface area (Å²) >= 11 is 0. The maximum Gasteiger partial charge on any atom is 0.418 e. The van der Waals surface area contributed by atoms with Crippen LogP contribution in [-0.4, -0.2) is 67.8 Å². The van der Waals surface area contributed by atoms with Crippen molar-refractivity contribution < 1.29 is 45.3 Å². The molecule has 0 amide bonds. The van der Waals surface area contributed by atoms with Crippen LogP contribution in [0.4, 0.5) is 46.5 Å². The van der Waals surface area contributed by atoms with Crippen LogP contribution in [0.5, 0.6) is 0 Å². The zero-order chi connectivity index (χ0) is 35.8. The number of benzene rings is 3. The lowest BCUT2D eigenvalue weighted by Gasteiger charge is -2.37. The van der Waals surface area contributed by atoms with Gasteiger partial charge in [-0.2, -0.15) is 22.0 Å². The quantitative estimate of drug-likeness (QED) is 0.187. The standard InChI is InChI=1S/C33H27F8N7O2/c34-23-4-7-27(28(36)16-23)31(50,18-48-19-43-44-45-48)32(37,38)29-8-3-21(17-42-29)20-1-5-25(6-2-20)46-9-11-47(12-10-46)26-14-22(13-24(35)15-26)30(49)33(39,40)41/h1-8,13-17,19,30,49-50H,9-12,18H2. The largest absolute Gasteiger partial charge is 0.418 e. The molecule has 0 aliphatic carbocycles. The summed E-state index contributed by atoms with van der Waals surface area (Å²) < 4.78 is 114. The van der Waals surface area contributed by atoms with Gasteiger partial charge in [0.1, 0.15) is 29.5 Å². The third kappa shape index (κ3) is 6.82. The van der Waals surface area contributed by atoms with E-state index in [1.807, 2.05) is 4.90 Å². The van der Waals surface area contributed by atoms with E-state index < -0.39 is 64.6 Å². The topological polar surface area (TPSA) is 103 Å². The first-order valence-corrected chi connectivity index (χ1v) is 15.0. The summed E-state index contributed by atoms with van der Waals surface area (Å²) in [6, 6.07) is 14.1. The van der Waals surface area contributed by atoms with Crippen molar-refractivity contribution in [3.63, 3.8) is 0 Å². The number of piperazine rings is 1. The van der Waals surface area contributed by atoms with E-state index in [2.05, 4.69) is 20.5 Å². The number of aliphatic hydroxyl groups is 2. The molecule has 2 N–H and O–H groups in total. The van der Waals surface area contributed by atoms with Gasteiger partial charge in [0.25, 0.3) is 0 Å². The summed E-state index contributed by atoms with van der Waals surface area (Å²) in [5, 5.41) is 31.2. The molecule has 1 fully saturated rings. The smallest absolute Gasteiger partial charge is 0.379 e. The average molecular weight is 706 g/mol. The van der Waals surface area contributed by atoms with E-state index in [0.29, 0.717) is 49.4 Å². The fraction of sp³-hybridized carbons (Fsp3) is 0.273. The molecule has 3 aromatic carbocycles. The monoisotopic (exact) mass is 705 g/mol. The molecule has 1 aliphatic heterocycles. The van der Waals surface area contributed by atoms with Crippen LogP contribution in [0.25, 0.3) is 11.1 Å². The number of hydrogen-bond acceptors (Lipinski definition) is 8. The van der Waals surface area contributed by atoms with Crippen molar-refractivity contribution >= 4 is 11.4 Å². The second kappa shape index (κ2) is 13.3. The number of pyridine rings is 1. The highest BCUT2D eigenvalue weighted by Gasteiger charge is 2.58. The number of alkyl halides is 5. The van der Waals surface area contributed by atoms with Crippen LogP contribution in [0.15, 0.2) is 85.3 Å². The summed E-state index contributed by atoms with van der Waals surface area (Å²) in [7, 11) is 0. The number of halogens is 8. The molecule has 17 heteroatoms. The molecule has 50 heavy (non-hydrogen) atoms. The predicted octanol–water partition coefficient (Wildman–Crippen LogP) is 5.75. The molecule has 0 saturated carbocycles. The Kier molecular flexibility index (Phi) is 9.21. The summed E-state index contributed by atoms with van der Waals surface area (Å²) in [6.07, 6.45) is -5.63. The van der Waals surface area contributed by atoms with Gasteiger partial charge in [-0.3, -0.25) is 4.98 Å². The number of hydrogen-bond donors (Lipinski definition) is 2. The van der Waals surface area contributed by atoms with Crippen LogP contribution in [0.1, 0.15) is 22.9 Å². The van der Waals surface area contributed by atoms with E-state index in [0.717, 1.165) is 47.0 Å². The van der Waals surface area contributed by atoms with Gasteiger partial charge in [0.05, 0.1) is 6.54 Å².